The normalized spacial score (nSPS) is 15.1. The van der Waals surface area contributed by atoms with Gasteiger partial charge in [0, 0.05) is 16.7 Å². The number of hydrogen-bond acceptors (Lipinski definition) is 3. The van der Waals surface area contributed by atoms with Crippen molar-refractivity contribution in [3.63, 3.8) is 0 Å². The predicted molar refractivity (Wildman–Crippen MR) is 113 cm³/mol. The highest BCUT2D eigenvalue weighted by Gasteiger charge is 2.32. The Morgan fingerprint density at radius 3 is 2.50 bits per heavy atom. The number of amidine groups is 1. The number of anilines is 1. The smallest absolute Gasteiger partial charge is 0.282 e. The molecule has 4 rings (SSSR count). The lowest BCUT2D eigenvalue weighted by Crippen LogP contribution is -2.32. The molecule has 0 atom stereocenters. The van der Waals surface area contributed by atoms with Gasteiger partial charge in [-0.15, -0.1) is 0 Å². The van der Waals surface area contributed by atoms with Crippen LogP contribution < -0.4 is 9.64 Å². The largest absolute Gasteiger partial charge is 0.497 e. The van der Waals surface area contributed by atoms with Gasteiger partial charge in [0.2, 0.25) is 0 Å². The maximum atomic E-state index is 13.2. The molecule has 1 amide bonds. The zero-order chi connectivity index (χ0) is 19.5. The van der Waals surface area contributed by atoms with Gasteiger partial charge in [0.25, 0.3) is 5.91 Å². The molecular weight excluding hydrogens is 372 g/mol. The van der Waals surface area contributed by atoms with Crippen molar-refractivity contribution in [2.75, 3.05) is 12.0 Å². The van der Waals surface area contributed by atoms with Gasteiger partial charge in [-0.2, -0.15) is 0 Å². The van der Waals surface area contributed by atoms with E-state index in [0.29, 0.717) is 28.0 Å². The van der Waals surface area contributed by atoms with E-state index in [1.54, 1.807) is 30.2 Å². The summed E-state index contributed by atoms with van der Waals surface area (Å²) in [7, 11) is 1.60. The molecule has 3 aromatic rings. The van der Waals surface area contributed by atoms with Gasteiger partial charge in [0.15, 0.2) is 0 Å². The van der Waals surface area contributed by atoms with Crippen LogP contribution in [0.2, 0.25) is 5.02 Å². The Balaban J connectivity index is 1.83. The molecule has 3 aromatic carbocycles. The highest BCUT2D eigenvalue weighted by atomic mass is 35.5. The minimum Gasteiger partial charge on any atom is -0.497 e. The molecule has 0 spiro atoms. The minimum atomic E-state index is -0.202. The zero-order valence-electron chi connectivity index (χ0n) is 15.2. The summed E-state index contributed by atoms with van der Waals surface area (Å²) in [4.78, 5) is 19.5. The molecule has 0 unspecified atom stereocenters. The summed E-state index contributed by atoms with van der Waals surface area (Å²) in [5, 5.41) is 0.608. The molecule has 0 radical (unpaired) electrons. The summed E-state index contributed by atoms with van der Waals surface area (Å²) in [6.45, 7) is 0. The van der Waals surface area contributed by atoms with E-state index in [1.807, 2.05) is 66.7 Å². The molecule has 0 fully saturated rings. The predicted octanol–water partition coefficient (Wildman–Crippen LogP) is 5.18. The van der Waals surface area contributed by atoms with E-state index in [2.05, 4.69) is 4.99 Å². The topological polar surface area (TPSA) is 41.9 Å². The van der Waals surface area contributed by atoms with Crippen LogP contribution in [0.3, 0.4) is 0 Å². The average Bonchev–Trinajstić information content (AvgIpc) is 3.05. The minimum absolute atomic E-state index is 0.202. The SMILES string of the molecule is COc1cccc(N2C(=O)/C(=C\c3cccc(Cl)c3)N=C2c2ccccc2)c1. The van der Waals surface area contributed by atoms with E-state index < -0.39 is 0 Å². The molecular formula is C23H17ClN2O2. The van der Waals surface area contributed by atoms with Crippen molar-refractivity contribution in [2.24, 2.45) is 4.99 Å². The molecule has 1 aliphatic rings. The quantitative estimate of drug-likeness (QED) is 0.577. The number of methoxy groups -OCH3 is 1. The summed E-state index contributed by atoms with van der Waals surface area (Å²) in [5.74, 6) is 1.05. The summed E-state index contributed by atoms with van der Waals surface area (Å²) >= 11 is 6.07. The molecule has 0 aliphatic carbocycles. The molecule has 138 valence electrons. The molecule has 0 N–H and O–H groups in total. The van der Waals surface area contributed by atoms with Gasteiger partial charge in [-0.05, 0) is 35.9 Å². The van der Waals surface area contributed by atoms with Crippen molar-refractivity contribution in [2.45, 2.75) is 0 Å². The summed E-state index contributed by atoms with van der Waals surface area (Å²) in [6.07, 6.45) is 1.75. The number of nitrogens with zero attached hydrogens (tertiary/aromatic N) is 2. The highest BCUT2D eigenvalue weighted by molar-refractivity contribution is 6.33. The van der Waals surface area contributed by atoms with Crippen molar-refractivity contribution >= 4 is 35.1 Å². The fourth-order valence-electron chi connectivity index (χ4n) is 3.04. The Labute approximate surface area is 168 Å². The van der Waals surface area contributed by atoms with Gasteiger partial charge in [0.1, 0.15) is 17.3 Å². The fraction of sp³-hybridized carbons (Fsp3) is 0.0435. The zero-order valence-corrected chi connectivity index (χ0v) is 15.9. The van der Waals surface area contributed by atoms with Gasteiger partial charge in [-0.25, -0.2) is 4.99 Å². The van der Waals surface area contributed by atoms with Crippen molar-refractivity contribution < 1.29 is 9.53 Å². The molecule has 1 heterocycles. The van der Waals surface area contributed by atoms with E-state index in [-0.39, 0.29) is 5.91 Å². The number of carbonyl (C=O) groups excluding carboxylic acids is 1. The highest BCUT2D eigenvalue weighted by Crippen LogP contribution is 2.30. The number of ether oxygens (including phenoxy) is 1. The van der Waals surface area contributed by atoms with E-state index in [9.17, 15) is 4.79 Å². The Morgan fingerprint density at radius 2 is 1.75 bits per heavy atom. The molecule has 0 aromatic heterocycles. The maximum absolute atomic E-state index is 13.2. The van der Waals surface area contributed by atoms with E-state index >= 15 is 0 Å². The molecule has 28 heavy (non-hydrogen) atoms. The lowest BCUT2D eigenvalue weighted by atomic mass is 10.1. The number of amides is 1. The van der Waals surface area contributed by atoms with Gasteiger partial charge in [-0.1, -0.05) is 60.1 Å². The number of benzene rings is 3. The first kappa shape index (κ1) is 18.0. The van der Waals surface area contributed by atoms with Crippen LogP contribution >= 0.6 is 11.6 Å². The first-order valence-corrected chi connectivity index (χ1v) is 9.13. The molecule has 0 saturated heterocycles. The lowest BCUT2D eigenvalue weighted by molar-refractivity contribution is -0.113. The molecule has 5 heteroatoms. The van der Waals surface area contributed by atoms with Crippen LogP contribution in [0.1, 0.15) is 11.1 Å². The summed E-state index contributed by atoms with van der Waals surface area (Å²) in [5.41, 5.74) is 2.72. The van der Waals surface area contributed by atoms with Gasteiger partial charge in [0.05, 0.1) is 12.8 Å². The third-order valence-electron chi connectivity index (χ3n) is 4.36. The summed E-state index contributed by atoms with van der Waals surface area (Å²) in [6, 6.07) is 24.3. The number of aliphatic imine (C=N–C) groups is 1. The molecule has 0 bridgehead atoms. The summed E-state index contributed by atoms with van der Waals surface area (Å²) < 4.78 is 5.32. The third-order valence-corrected chi connectivity index (χ3v) is 4.59. The number of rotatable bonds is 4. The lowest BCUT2D eigenvalue weighted by Gasteiger charge is -2.19. The maximum Gasteiger partial charge on any atom is 0.282 e. The Bertz CT molecular complexity index is 1090. The van der Waals surface area contributed by atoms with E-state index in [1.165, 1.54) is 0 Å². The number of halogens is 1. The fourth-order valence-corrected chi connectivity index (χ4v) is 3.24. The first-order chi connectivity index (χ1) is 13.7. The molecule has 4 nitrogen and oxygen atoms in total. The second-order valence-corrected chi connectivity index (χ2v) is 6.66. The Hall–Kier alpha value is -3.37. The van der Waals surface area contributed by atoms with Gasteiger partial charge < -0.3 is 4.74 Å². The number of carbonyl (C=O) groups is 1. The monoisotopic (exact) mass is 388 g/mol. The third kappa shape index (κ3) is 3.55. The van der Waals surface area contributed by atoms with Crippen molar-refractivity contribution in [3.05, 3.63) is 101 Å². The molecule has 1 aliphatic heterocycles. The first-order valence-electron chi connectivity index (χ1n) is 8.75. The average molecular weight is 389 g/mol. The Kier molecular flexibility index (Phi) is 4.96. The Morgan fingerprint density at radius 1 is 0.964 bits per heavy atom. The van der Waals surface area contributed by atoms with Crippen LogP contribution in [0.5, 0.6) is 5.75 Å². The van der Waals surface area contributed by atoms with Crippen LogP contribution in [0.4, 0.5) is 5.69 Å². The van der Waals surface area contributed by atoms with E-state index in [4.69, 9.17) is 16.3 Å². The van der Waals surface area contributed by atoms with Gasteiger partial charge >= 0.3 is 0 Å². The van der Waals surface area contributed by atoms with Crippen LogP contribution in [0, 0.1) is 0 Å². The van der Waals surface area contributed by atoms with E-state index in [0.717, 1.165) is 11.1 Å². The van der Waals surface area contributed by atoms with Crippen LogP contribution in [-0.4, -0.2) is 18.9 Å². The van der Waals surface area contributed by atoms with Crippen LogP contribution in [0.15, 0.2) is 89.6 Å². The second kappa shape index (κ2) is 7.71. The standard InChI is InChI=1S/C23H17ClN2O2/c1-28-20-12-6-11-19(15-20)26-22(17-8-3-2-4-9-17)25-21(23(26)27)14-16-7-5-10-18(24)13-16/h2-15H,1H3/b21-14+. The van der Waals surface area contributed by atoms with Crippen LogP contribution in [0.25, 0.3) is 6.08 Å². The molecule has 0 saturated carbocycles. The van der Waals surface area contributed by atoms with Crippen molar-refractivity contribution in [3.8, 4) is 5.75 Å². The number of hydrogen-bond donors (Lipinski definition) is 0. The second-order valence-electron chi connectivity index (χ2n) is 6.23. The van der Waals surface area contributed by atoms with Crippen molar-refractivity contribution in [1.29, 1.82) is 0 Å². The van der Waals surface area contributed by atoms with Crippen LogP contribution in [-0.2, 0) is 4.79 Å². The van der Waals surface area contributed by atoms with Gasteiger partial charge in [-0.3, -0.25) is 9.69 Å². The van der Waals surface area contributed by atoms with Crippen molar-refractivity contribution in [1.82, 2.24) is 0 Å².